The second-order valence-electron chi connectivity index (χ2n) is 6.51. The standard InChI is InChI=1S/C20H27N3O3/c1-4-16-6-5-7-18(11-16)26-19-9-8-17(13-21-19)23-20(25)22-12-14(2)10-15(3)24/h5-9,11,13-15,24H,4,10,12H2,1-3H3,(H2,22,23,25). The second kappa shape index (κ2) is 9.77. The van der Waals surface area contributed by atoms with Crippen molar-refractivity contribution in [3.8, 4) is 11.6 Å². The fraction of sp³-hybridized carbons (Fsp3) is 0.400. The number of rotatable bonds is 8. The van der Waals surface area contributed by atoms with Crippen molar-refractivity contribution in [2.45, 2.75) is 39.7 Å². The van der Waals surface area contributed by atoms with Crippen molar-refractivity contribution in [3.05, 3.63) is 48.2 Å². The lowest BCUT2D eigenvalue weighted by Crippen LogP contribution is -2.33. The van der Waals surface area contributed by atoms with E-state index in [-0.39, 0.29) is 18.1 Å². The highest BCUT2D eigenvalue weighted by Crippen LogP contribution is 2.21. The minimum Gasteiger partial charge on any atom is -0.439 e. The molecule has 0 spiro atoms. The number of amides is 2. The van der Waals surface area contributed by atoms with Crippen molar-refractivity contribution in [2.24, 2.45) is 5.92 Å². The van der Waals surface area contributed by atoms with Crippen LogP contribution >= 0.6 is 0 Å². The van der Waals surface area contributed by atoms with Gasteiger partial charge in [-0.3, -0.25) is 0 Å². The first-order chi connectivity index (χ1) is 12.5. The molecular formula is C20H27N3O3. The Morgan fingerprint density at radius 2 is 2.08 bits per heavy atom. The molecular weight excluding hydrogens is 330 g/mol. The Labute approximate surface area is 154 Å². The van der Waals surface area contributed by atoms with Crippen molar-refractivity contribution in [1.82, 2.24) is 10.3 Å². The molecule has 0 radical (unpaired) electrons. The summed E-state index contributed by atoms with van der Waals surface area (Å²) in [6.07, 6.45) is 2.77. The first-order valence-corrected chi connectivity index (χ1v) is 8.92. The number of carbonyl (C=O) groups is 1. The maximum atomic E-state index is 11.9. The molecule has 6 heteroatoms. The van der Waals surface area contributed by atoms with E-state index in [0.29, 0.717) is 24.5 Å². The zero-order valence-electron chi connectivity index (χ0n) is 15.5. The summed E-state index contributed by atoms with van der Waals surface area (Å²) in [5, 5.41) is 14.8. The van der Waals surface area contributed by atoms with E-state index >= 15 is 0 Å². The molecule has 0 saturated heterocycles. The van der Waals surface area contributed by atoms with Gasteiger partial charge < -0.3 is 20.5 Å². The molecule has 1 aromatic heterocycles. The van der Waals surface area contributed by atoms with Crippen LogP contribution in [0.5, 0.6) is 11.6 Å². The molecule has 26 heavy (non-hydrogen) atoms. The quantitative estimate of drug-likeness (QED) is 0.668. The third kappa shape index (κ3) is 6.72. The molecule has 0 saturated carbocycles. The summed E-state index contributed by atoms with van der Waals surface area (Å²) in [6, 6.07) is 11.0. The van der Waals surface area contributed by atoms with E-state index in [9.17, 15) is 9.90 Å². The van der Waals surface area contributed by atoms with Crippen molar-refractivity contribution in [1.29, 1.82) is 0 Å². The Kier molecular flexibility index (Phi) is 7.41. The van der Waals surface area contributed by atoms with Gasteiger partial charge in [-0.25, -0.2) is 9.78 Å². The highest BCUT2D eigenvalue weighted by atomic mass is 16.5. The maximum Gasteiger partial charge on any atom is 0.319 e. The predicted molar refractivity (Wildman–Crippen MR) is 103 cm³/mol. The Balaban J connectivity index is 1.84. The van der Waals surface area contributed by atoms with Crippen LogP contribution < -0.4 is 15.4 Å². The lowest BCUT2D eigenvalue weighted by molar-refractivity contribution is 0.163. The zero-order valence-corrected chi connectivity index (χ0v) is 15.5. The fourth-order valence-corrected chi connectivity index (χ4v) is 2.57. The van der Waals surface area contributed by atoms with E-state index in [2.05, 4.69) is 22.5 Å². The molecule has 3 N–H and O–H groups in total. The number of urea groups is 1. The summed E-state index contributed by atoms with van der Waals surface area (Å²) in [5.41, 5.74) is 1.78. The van der Waals surface area contributed by atoms with Crippen LogP contribution in [0.2, 0.25) is 0 Å². The van der Waals surface area contributed by atoms with Gasteiger partial charge in [-0.2, -0.15) is 0 Å². The van der Waals surface area contributed by atoms with E-state index < -0.39 is 0 Å². The van der Waals surface area contributed by atoms with Crippen LogP contribution in [0.1, 0.15) is 32.8 Å². The van der Waals surface area contributed by atoms with Crippen molar-refractivity contribution < 1.29 is 14.6 Å². The molecule has 2 rings (SSSR count). The van der Waals surface area contributed by atoms with Crippen LogP contribution in [0, 0.1) is 5.92 Å². The summed E-state index contributed by atoms with van der Waals surface area (Å²) >= 11 is 0. The molecule has 0 aliphatic rings. The van der Waals surface area contributed by atoms with Gasteiger partial charge in [-0.1, -0.05) is 26.0 Å². The Morgan fingerprint density at radius 3 is 2.73 bits per heavy atom. The number of aliphatic hydroxyl groups excluding tert-OH is 1. The smallest absolute Gasteiger partial charge is 0.319 e. The number of carbonyl (C=O) groups excluding carboxylic acids is 1. The van der Waals surface area contributed by atoms with E-state index in [4.69, 9.17) is 4.74 Å². The monoisotopic (exact) mass is 357 g/mol. The molecule has 1 aromatic carbocycles. The van der Waals surface area contributed by atoms with Crippen molar-refractivity contribution in [2.75, 3.05) is 11.9 Å². The van der Waals surface area contributed by atoms with Gasteiger partial charge in [0.05, 0.1) is 18.0 Å². The number of anilines is 1. The average molecular weight is 357 g/mol. The number of ether oxygens (including phenoxy) is 1. The Bertz CT molecular complexity index is 702. The molecule has 2 atom stereocenters. The minimum absolute atomic E-state index is 0.202. The molecule has 0 aliphatic heterocycles. The van der Waals surface area contributed by atoms with E-state index in [1.165, 1.54) is 5.56 Å². The molecule has 1 heterocycles. The lowest BCUT2D eigenvalue weighted by atomic mass is 10.1. The van der Waals surface area contributed by atoms with Crippen LogP contribution in [-0.4, -0.2) is 28.8 Å². The number of nitrogens with zero attached hydrogens (tertiary/aromatic N) is 1. The van der Waals surface area contributed by atoms with Gasteiger partial charge in [0, 0.05) is 12.6 Å². The first kappa shape index (κ1) is 19.7. The average Bonchev–Trinajstić information content (AvgIpc) is 2.61. The predicted octanol–water partition coefficient (Wildman–Crippen LogP) is 3.96. The molecule has 2 aromatic rings. The van der Waals surface area contributed by atoms with Gasteiger partial charge in [-0.15, -0.1) is 0 Å². The summed E-state index contributed by atoms with van der Waals surface area (Å²) in [7, 11) is 0. The van der Waals surface area contributed by atoms with Crippen LogP contribution in [0.25, 0.3) is 0 Å². The highest BCUT2D eigenvalue weighted by molar-refractivity contribution is 5.89. The lowest BCUT2D eigenvalue weighted by Gasteiger charge is -2.14. The maximum absolute atomic E-state index is 11.9. The number of nitrogens with one attached hydrogen (secondary N) is 2. The third-order valence-corrected chi connectivity index (χ3v) is 3.88. The van der Waals surface area contributed by atoms with Gasteiger partial charge in [0.2, 0.25) is 5.88 Å². The van der Waals surface area contributed by atoms with E-state index in [1.54, 1.807) is 25.3 Å². The van der Waals surface area contributed by atoms with Crippen molar-refractivity contribution in [3.63, 3.8) is 0 Å². The SMILES string of the molecule is CCc1cccc(Oc2ccc(NC(=O)NCC(C)CC(C)O)cn2)c1. The summed E-state index contributed by atoms with van der Waals surface area (Å²) in [6.45, 7) is 6.31. The van der Waals surface area contributed by atoms with Crippen LogP contribution in [-0.2, 0) is 6.42 Å². The van der Waals surface area contributed by atoms with Crippen molar-refractivity contribution >= 4 is 11.7 Å². The minimum atomic E-state index is -0.371. The topological polar surface area (TPSA) is 83.5 Å². The zero-order chi connectivity index (χ0) is 18.9. The molecule has 140 valence electrons. The number of aromatic nitrogens is 1. The molecule has 2 amide bonds. The van der Waals surface area contributed by atoms with Gasteiger partial charge >= 0.3 is 6.03 Å². The van der Waals surface area contributed by atoms with E-state index in [0.717, 1.165) is 12.2 Å². The second-order valence-corrected chi connectivity index (χ2v) is 6.51. The fourth-order valence-electron chi connectivity index (χ4n) is 2.57. The summed E-state index contributed by atoms with van der Waals surface area (Å²) in [4.78, 5) is 16.1. The Hall–Kier alpha value is -2.60. The van der Waals surface area contributed by atoms with Crippen LogP contribution in [0.3, 0.4) is 0 Å². The molecule has 0 fully saturated rings. The largest absolute Gasteiger partial charge is 0.439 e. The third-order valence-electron chi connectivity index (χ3n) is 3.88. The summed E-state index contributed by atoms with van der Waals surface area (Å²) in [5.74, 6) is 1.41. The summed E-state index contributed by atoms with van der Waals surface area (Å²) < 4.78 is 5.73. The molecule has 6 nitrogen and oxygen atoms in total. The van der Waals surface area contributed by atoms with Crippen LogP contribution in [0.4, 0.5) is 10.5 Å². The number of aryl methyl sites for hydroxylation is 1. The van der Waals surface area contributed by atoms with E-state index in [1.807, 2.05) is 31.2 Å². The Morgan fingerprint density at radius 1 is 1.27 bits per heavy atom. The van der Waals surface area contributed by atoms with Gasteiger partial charge in [0.25, 0.3) is 0 Å². The van der Waals surface area contributed by atoms with Gasteiger partial charge in [-0.05, 0) is 49.4 Å². The number of pyridine rings is 1. The van der Waals surface area contributed by atoms with Crippen LogP contribution in [0.15, 0.2) is 42.6 Å². The molecule has 0 bridgehead atoms. The van der Waals surface area contributed by atoms with Gasteiger partial charge in [0.15, 0.2) is 0 Å². The molecule has 0 aliphatic carbocycles. The number of hydrogen-bond acceptors (Lipinski definition) is 4. The highest BCUT2D eigenvalue weighted by Gasteiger charge is 2.09. The number of hydrogen-bond donors (Lipinski definition) is 3. The number of aliphatic hydroxyl groups is 1. The molecule has 2 unspecified atom stereocenters. The van der Waals surface area contributed by atoms with Gasteiger partial charge in [0.1, 0.15) is 5.75 Å². The first-order valence-electron chi connectivity index (χ1n) is 8.92. The normalized spacial score (nSPS) is 12.9. The number of benzene rings is 1.